The smallest absolute Gasteiger partial charge is 0.320 e. The highest BCUT2D eigenvalue weighted by Crippen LogP contribution is 2.26. The van der Waals surface area contributed by atoms with Crippen LogP contribution >= 0.6 is 15.9 Å². The van der Waals surface area contributed by atoms with Crippen LogP contribution in [-0.2, 0) is 14.3 Å². The summed E-state index contributed by atoms with van der Waals surface area (Å²) in [6, 6.07) is 3.83. The van der Waals surface area contributed by atoms with Crippen LogP contribution in [-0.4, -0.2) is 47.5 Å². The van der Waals surface area contributed by atoms with E-state index in [4.69, 9.17) is 4.74 Å². The van der Waals surface area contributed by atoms with E-state index in [2.05, 4.69) is 26.2 Å². The summed E-state index contributed by atoms with van der Waals surface area (Å²) in [5, 5.41) is 2.72. The zero-order valence-electron chi connectivity index (χ0n) is 11.8. The van der Waals surface area contributed by atoms with Crippen molar-refractivity contribution in [1.29, 1.82) is 0 Å². The van der Waals surface area contributed by atoms with E-state index >= 15 is 0 Å². The number of rotatable bonds is 7. The summed E-state index contributed by atoms with van der Waals surface area (Å²) < 4.78 is 5.78. The average molecular weight is 356 g/mol. The van der Waals surface area contributed by atoms with Crippen LogP contribution in [0.3, 0.4) is 0 Å². The van der Waals surface area contributed by atoms with Gasteiger partial charge in [-0.3, -0.25) is 14.5 Å². The lowest BCUT2D eigenvalue weighted by Crippen LogP contribution is -2.39. The van der Waals surface area contributed by atoms with Gasteiger partial charge in [0.1, 0.15) is 5.82 Å². The topological polar surface area (TPSA) is 71.5 Å². The zero-order valence-corrected chi connectivity index (χ0v) is 13.4. The lowest BCUT2D eigenvalue weighted by Gasteiger charge is -2.20. The molecule has 114 valence electrons. The third-order valence-electron chi connectivity index (χ3n) is 3.04. The number of anilines is 1. The second-order valence-corrected chi connectivity index (χ2v) is 5.77. The van der Waals surface area contributed by atoms with Crippen LogP contribution < -0.4 is 5.32 Å². The van der Waals surface area contributed by atoms with Gasteiger partial charge in [-0.05, 0) is 47.8 Å². The summed E-state index contributed by atoms with van der Waals surface area (Å²) in [5.41, 5.74) is 0. The first-order valence-corrected chi connectivity index (χ1v) is 7.69. The Hall–Kier alpha value is -1.47. The highest BCUT2D eigenvalue weighted by atomic mass is 79.9. The number of pyridine rings is 1. The van der Waals surface area contributed by atoms with E-state index in [0.29, 0.717) is 18.5 Å². The Morgan fingerprint density at radius 1 is 1.43 bits per heavy atom. The van der Waals surface area contributed by atoms with Gasteiger partial charge in [0.05, 0.1) is 19.7 Å². The molecule has 1 aromatic rings. The lowest BCUT2D eigenvalue weighted by atomic mass is 10.4. The molecule has 0 atom stereocenters. The van der Waals surface area contributed by atoms with Crippen molar-refractivity contribution < 1.29 is 14.3 Å². The van der Waals surface area contributed by atoms with Crippen LogP contribution in [0.25, 0.3) is 0 Å². The van der Waals surface area contributed by atoms with Crippen molar-refractivity contribution in [2.24, 2.45) is 0 Å². The maximum Gasteiger partial charge on any atom is 0.320 e. The molecule has 0 unspecified atom stereocenters. The fourth-order valence-electron chi connectivity index (χ4n) is 1.94. The van der Waals surface area contributed by atoms with Crippen molar-refractivity contribution in [3.8, 4) is 0 Å². The fourth-order valence-corrected chi connectivity index (χ4v) is 2.18. The number of nitrogens with one attached hydrogen (secondary N) is 1. The highest BCUT2D eigenvalue weighted by molar-refractivity contribution is 9.10. The first-order valence-electron chi connectivity index (χ1n) is 6.89. The molecule has 7 heteroatoms. The highest BCUT2D eigenvalue weighted by Gasteiger charge is 2.31. The van der Waals surface area contributed by atoms with E-state index < -0.39 is 0 Å². The summed E-state index contributed by atoms with van der Waals surface area (Å²) in [5.74, 6) is 0.0232. The van der Waals surface area contributed by atoms with Crippen LogP contribution in [0.2, 0.25) is 0 Å². The lowest BCUT2D eigenvalue weighted by molar-refractivity contribution is -0.144. The molecule has 1 heterocycles. The number of aromatic nitrogens is 1. The predicted octanol–water partition coefficient (Wildman–Crippen LogP) is 1.81. The van der Waals surface area contributed by atoms with Gasteiger partial charge in [-0.1, -0.05) is 0 Å². The zero-order chi connectivity index (χ0) is 15.2. The van der Waals surface area contributed by atoms with E-state index in [0.717, 1.165) is 17.3 Å². The van der Waals surface area contributed by atoms with Gasteiger partial charge < -0.3 is 10.1 Å². The Bertz CT molecular complexity index is 503. The van der Waals surface area contributed by atoms with E-state index in [1.807, 2.05) is 4.90 Å². The third-order valence-corrected chi connectivity index (χ3v) is 3.51. The van der Waals surface area contributed by atoms with Gasteiger partial charge >= 0.3 is 5.97 Å². The van der Waals surface area contributed by atoms with Crippen molar-refractivity contribution in [2.45, 2.75) is 25.8 Å². The predicted molar refractivity (Wildman–Crippen MR) is 81.8 cm³/mol. The van der Waals surface area contributed by atoms with Gasteiger partial charge in [0, 0.05) is 16.7 Å². The first kappa shape index (κ1) is 15.9. The minimum Gasteiger partial charge on any atom is -0.465 e. The molecule has 1 fully saturated rings. The summed E-state index contributed by atoms with van der Waals surface area (Å²) in [6.07, 6.45) is 3.65. The van der Waals surface area contributed by atoms with Crippen molar-refractivity contribution in [3.05, 3.63) is 22.8 Å². The second kappa shape index (κ2) is 7.51. The Morgan fingerprint density at radius 2 is 2.19 bits per heavy atom. The van der Waals surface area contributed by atoms with Gasteiger partial charge in [0.15, 0.2) is 0 Å². The molecule has 21 heavy (non-hydrogen) atoms. The van der Waals surface area contributed by atoms with E-state index in [9.17, 15) is 9.59 Å². The Labute approximate surface area is 132 Å². The van der Waals surface area contributed by atoms with E-state index in [1.54, 1.807) is 25.3 Å². The minimum absolute atomic E-state index is 0.152. The van der Waals surface area contributed by atoms with Crippen LogP contribution in [0, 0.1) is 0 Å². The molecule has 0 bridgehead atoms. The maximum atomic E-state index is 12.0. The molecule has 0 spiro atoms. The monoisotopic (exact) mass is 355 g/mol. The third kappa shape index (κ3) is 5.43. The molecule has 1 aromatic heterocycles. The molecule has 0 saturated heterocycles. The second-order valence-electron chi connectivity index (χ2n) is 4.85. The molecular formula is C14H18BrN3O3. The van der Waals surface area contributed by atoms with Crippen LogP contribution in [0.1, 0.15) is 19.8 Å². The molecule has 1 N–H and O–H groups in total. The maximum absolute atomic E-state index is 12.0. The number of amides is 1. The Kier molecular flexibility index (Phi) is 5.69. The first-order chi connectivity index (χ1) is 10.1. The largest absolute Gasteiger partial charge is 0.465 e. The van der Waals surface area contributed by atoms with Crippen LogP contribution in [0.15, 0.2) is 22.8 Å². The quantitative estimate of drug-likeness (QED) is 0.755. The molecule has 1 aliphatic carbocycles. The number of esters is 1. The molecule has 0 radical (unpaired) electrons. The van der Waals surface area contributed by atoms with Gasteiger partial charge in [0.25, 0.3) is 0 Å². The number of hydrogen-bond donors (Lipinski definition) is 1. The van der Waals surface area contributed by atoms with Crippen molar-refractivity contribution in [3.63, 3.8) is 0 Å². The Morgan fingerprint density at radius 3 is 2.76 bits per heavy atom. The van der Waals surface area contributed by atoms with Gasteiger partial charge in [0.2, 0.25) is 5.91 Å². The van der Waals surface area contributed by atoms with Gasteiger partial charge in [-0.15, -0.1) is 0 Å². The summed E-state index contributed by atoms with van der Waals surface area (Å²) >= 11 is 3.29. The normalized spacial score (nSPS) is 14.0. The molecule has 0 aliphatic heterocycles. The number of hydrogen-bond acceptors (Lipinski definition) is 5. The fraction of sp³-hybridized carbons (Fsp3) is 0.500. The summed E-state index contributed by atoms with van der Waals surface area (Å²) in [6.45, 7) is 2.44. The van der Waals surface area contributed by atoms with E-state index in [-0.39, 0.29) is 25.0 Å². The number of halogens is 1. The standard InChI is InChI=1S/C14H18BrN3O3/c1-2-21-14(20)9-18(11-4-5-11)8-13(19)17-12-6-3-10(15)7-16-12/h3,6-7,11H,2,4-5,8-9H2,1H3,(H,16,17,19). The van der Waals surface area contributed by atoms with Gasteiger partial charge in [-0.2, -0.15) is 0 Å². The Balaban J connectivity index is 1.86. The van der Waals surface area contributed by atoms with E-state index in [1.165, 1.54) is 0 Å². The number of nitrogens with zero attached hydrogens (tertiary/aromatic N) is 2. The number of ether oxygens (including phenoxy) is 1. The molecular weight excluding hydrogens is 338 g/mol. The molecule has 1 saturated carbocycles. The minimum atomic E-state index is -0.293. The molecule has 6 nitrogen and oxygen atoms in total. The van der Waals surface area contributed by atoms with Crippen molar-refractivity contribution in [1.82, 2.24) is 9.88 Å². The SMILES string of the molecule is CCOC(=O)CN(CC(=O)Nc1ccc(Br)cn1)C1CC1. The van der Waals surface area contributed by atoms with Gasteiger partial charge in [-0.25, -0.2) is 4.98 Å². The van der Waals surface area contributed by atoms with Crippen LogP contribution in [0.5, 0.6) is 0 Å². The van der Waals surface area contributed by atoms with Crippen LogP contribution in [0.4, 0.5) is 5.82 Å². The summed E-state index contributed by atoms with van der Waals surface area (Å²) in [7, 11) is 0. The molecule has 0 aromatic carbocycles. The summed E-state index contributed by atoms with van der Waals surface area (Å²) in [4.78, 5) is 29.5. The number of carbonyl (C=O) groups excluding carboxylic acids is 2. The average Bonchev–Trinajstić information content (AvgIpc) is 3.25. The molecule has 2 rings (SSSR count). The molecule has 1 aliphatic rings. The van der Waals surface area contributed by atoms with Crippen molar-refractivity contribution in [2.75, 3.05) is 25.0 Å². The number of carbonyl (C=O) groups is 2. The van der Waals surface area contributed by atoms with Crippen molar-refractivity contribution >= 4 is 33.6 Å². The molecule has 1 amide bonds.